The van der Waals surface area contributed by atoms with Crippen molar-refractivity contribution in [2.24, 2.45) is 5.16 Å². The van der Waals surface area contributed by atoms with Crippen LogP contribution < -0.4 is 0 Å². The molecular formula is C8H14N2O4S2. The number of oxime groups is 1. The summed E-state index contributed by atoms with van der Waals surface area (Å²) in [7, 11) is 1.41. The Kier molecular flexibility index (Phi) is 5.39. The van der Waals surface area contributed by atoms with Gasteiger partial charge in [-0.3, -0.25) is 4.84 Å². The van der Waals surface area contributed by atoms with Crippen molar-refractivity contribution >= 4 is 34.3 Å². The van der Waals surface area contributed by atoms with E-state index in [4.69, 9.17) is 4.74 Å². The predicted octanol–water partition coefficient (Wildman–Crippen LogP) is 1.16. The van der Waals surface area contributed by atoms with Crippen LogP contribution in [0.25, 0.3) is 0 Å². The Morgan fingerprint density at radius 1 is 1.88 bits per heavy atom. The number of ether oxygens (including phenoxy) is 1. The molecule has 1 heterocycles. The molecule has 0 spiro atoms. The molecule has 0 bridgehead atoms. The number of hydrogen-bond donors (Lipinski definition) is 0. The first kappa shape index (κ1) is 13.6. The highest BCUT2D eigenvalue weighted by atomic mass is 32.2. The normalized spacial score (nSPS) is 24.5. The number of hydrogen-bond acceptors (Lipinski definition) is 6. The lowest BCUT2D eigenvalue weighted by atomic mass is 10.4. The third-order valence-electron chi connectivity index (χ3n) is 1.90. The fraction of sp³-hybridized carbons (Fsp3) is 0.750. The summed E-state index contributed by atoms with van der Waals surface area (Å²) in [6, 6.07) is 0. The summed E-state index contributed by atoms with van der Waals surface area (Å²) in [5.41, 5.74) is 0. The van der Waals surface area contributed by atoms with Crippen LogP contribution in [0.2, 0.25) is 0 Å². The van der Waals surface area contributed by atoms with Gasteiger partial charge < -0.3 is 9.29 Å². The van der Waals surface area contributed by atoms with Crippen molar-refractivity contribution in [3.63, 3.8) is 0 Å². The summed E-state index contributed by atoms with van der Waals surface area (Å²) in [6.45, 7) is 3.54. The summed E-state index contributed by atoms with van der Waals surface area (Å²) < 4.78 is 17.5. The molecule has 2 unspecified atom stereocenters. The Hall–Kier alpha value is -0.440. The smallest absolute Gasteiger partial charge is 0.477 e. The Balaban J connectivity index is 2.45. The Morgan fingerprint density at radius 2 is 2.56 bits per heavy atom. The molecule has 1 rings (SSSR count). The molecule has 2 atom stereocenters. The second-order valence-corrected chi connectivity index (χ2v) is 5.68. The van der Waals surface area contributed by atoms with Gasteiger partial charge >= 0.3 is 6.09 Å². The van der Waals surface area contributed by atoms with E-state index in [1.54, 1.807) is 6.92 Å². The topological polar surface area (TPSA) is 74.2 Å². The van der Waals surface area contributed by atoms with Gasteiger partial charge in [0.1, 0.15) is 16.9 Å². The summed E-state index contributed by atoms with van der Waals surface area (Å²) in [4.78, 5) is 16.0. The molecule has 1 saturated heterocycles. The molecule has 92 valence electrons. The first-order valence-electron chi connectivity index (χ1n) is 4.71. The van der Waals surface area contributed by atoms with Crippen molar-refractivity contribution < 1.29 is 18.9 Å². The number of carbonyl (C=O) groups excluding carboxylic acids is 1. The highest BCUT2D eigenvalue weighted by molar-refractivity contribution is 8.14. The van der Waals surface area contributed by atoms with Crippen molar-refractivity contribution in [1.29, 1.82) is 0 Å². The second-order valence-electron chi connectivity index (χ2n) is 2.97. The predicted molar refractivity (Wildman–Crippen MR) is 63.4 cm³/mol. The molecule has 0 radical (unpaired) electrons. The molecule has 0 aromatic rings. The first-order valence-corrected chi connectivity index (χ1v) is 6.97. The van der Waals surface area contributed by atoms with Gasteiger partial charge in [-0.2, -0.15) is 0 Å². The van der Waals surface area contributed by atoms with E-state index in [-0.39, 0.29) is 6.10 Å². The Bertz CT molecular complexity index is 287. The summed E-state index contributed by atoms with van der Waals surface area (Å²) in [5.74, 6) is 0.866. The number of thioether (sulfide) groups is 1. The van der Waals surface area contributed by atoms with Crippen LogP contribution in [0.5, 0.6) is 0 Å². The molecule has 1 fully saturated rings. The fourth-order valence-electron chi connectivity index (χ4n) is 0.904. The third-order valence-corrected chi connectivity index (χ3v) is 4.11. The van der Waals surface area contributed by atoms with Crippen LogP contribution in [0.1, 0.15) is 13.8 Å². The van der Waals surface area contributed by atoms with Crippen molar-refractivity contribution in [1.82, 2.24) is 4.31 Å². The minimum absolute atomic E-state index is 0.153. The van der Waals surface area contributed by atoms with Crippen LogP contribution in [0.15, 0.2) is 5.16 Å². The Labute approximate surface area is 102 Å². The maximum atomic E-state index is 11.4. The summed E-state index contributed by atoms with van der Waals surface area (Å²) in [6.07, 6.45) is -0.882. The van der Waals surface area contributed by atoms with E-state index >= 15 is 0 Å². The van der Waals surface area contributed by atoms with Gasteiger partial charge in [-0.05, 0) is 13.8 Å². The number of amides is 1. The molecule has 16 heavy (non-hydrogen) atoms. The van der Waals surface area contributed by atoms with E-state index < -0.39 is 17.5 Å². The van der Waals surface area contributed by atoms with E-state index in [2.05, 4.69) is 9.99 Å². The van der Waals surface area contributed by atoms with Crippen LogP contribution in [0, 0.1) is 0 Å². The van der Waals surface area contributed by atoms with Crippen molar-refractivity contribution in [3.05, 3.63) is 0 Å². The van der Waals surface area contributed by atoms with E-state index in [0.29, 0.717) is 16.7 Å². The first-order chi connectivity index (χ1) is 7.56. The SMILES string of the molecule is CC[S+]([O-])N(C)C(=O)ON=C1SCOC1C. The van der Waals surface area contributed by atoms with Crippen LogP contribution in [0.4, 0.5) is 4.79 Å². The molecule has 1 amide bonds. The zero-order valence-electron chi connectivity index (χ0n) is 9.34. The van der Waals surface area contributed by atoms with Gasteiger partial charge in [0.15, 0.2) is 0 Å². The molecule has 0 aromatic heterocycles. The lowest BCUT2D eigenvalue weighted by molar-refractivity contribution is 0.130. The number of carbonyl (C=O) groups is 1. The monoisotopic (exact) mass is 266 g/mol. The maximum absolute atomic E-state index is 11.4. The molecule has 8 heteroatoms. The highest BCUT2D eigenvalue weighted by Crippen LogP contribution is 2.20. The molecule has 0 aromatic carbocycles. The van der Waals surface area contributed by atoms with Crippen LogP contribution in [0.3, 0.4) is 0 Å². The van der Waals surface area contributed by atoms with Gasteiger partial charge in [0.25, 0.3) is 0 Å². The van der Waals surface area contributed by atoms with Crippen molar-refractivity contribution in [2.45, 2.75) is 20.0 Å². The average molecular weight is 266 g/mol. The largest absolute Gasteiger partial charge is 0.593 e. The minimum Gasteiger partial charge on any atom is -0.593 e. The van der Waals surface area contributed by atoms with E-state index in [1.165, 1.54) is 18.8 Å². The molecular weight excluding hydrogens is 252 g/mol. The standard InChI is InChI=1S/C8H14N2O4S2/c1-4-16(12)10(3)8(11)14-9-7-6(2)13-5-15-7/h6H,4-5H2,1-3H3. The van der Waals surface area contributed by atoms with Crippen LogP contribution in [-0.2, 0) is 20.9 Å². The molecule has 6 nitrogen and oxygen atoms in total. The Morgan fingerprint density at radius 3 is 3.06 bits per heavy atom. The quantitative estimate of drug-likeness (QED) is 0.435. The van der Waals surface area contributed by atoms with Crippen LogP contribution in [-0.4, -0.2) is 44.8 Å². The molecule has 0 aliphatic carbocycles. The summed E-state index contributed by atoms with van der Waals surface area (Å²) >= 11 is 0.0124. The minimum atomic E-state index is -1.36. The molecule has 0 saturated carbocycles. The van der Waals surface area contributed by atoms with Crippen molar-refractivity contribution in [2.75, 3.05) is 18.7 Å². The fourth-order valence-corrected chi connectivity index (χ4v) is 2.28. The van der Waals surface area contributed by atoms with Gasteiger partial charge in [0, 0.05) is 0 Å². The average Bonchev–Trinajstić information content (AvgIpc) is 2.69. The van der Waals surface area contributed by atoms with E-state index in [9.17, 15) is 9.35 Å². The zero-order chi connectivity index (χ0) is 12.1. The van der Waals surface area contributed by atoms with E-state index in [1.807, 2.05) is 6.92 Å². The third kappa shape index (κ3) is 3.55. The second kappa shape index (κ2) is 6.33. The molecule has 1 aliphatic heterocycles. The van der Waals surface area contributed by atoms with Gasteiger partial charge in [0.2, 0.25) is 0 Å². The van der Waals surface area contributed by atoms with Gasteiger partial charge in [0.05, 0.1) is 24.3 Å². The van der Waals surface area contributed by atoms with Crippen molar-refractivity contribution in [3.8, 4) is 0 Å². The number of nitrogens with zero attached hydrogens (tertiary/aromatic N) is 2. The number of rotatable bonds is 3. The zero-order valence-corrected chi connectivity index (χ0v) is 11.0. The highest BCUT2D eigenvalue weighted by Gasteiger charge is 2.24. The van der Waals surface area contributed by atoms with E-state index in [0.717, 1.165) is 4.31 Å². The van der Waals surface area contributed by atoms with Gasteiger partial charge in [-0.15, -0.1) is 4.31 Å². The van der Waals surface area contributed by atoms with Gasteiger partial charge in [-0.1, -0.05) is 16.9 Å². The lowest BCUT2D eigenvalue weighted by Crippen LogP contribution is -2.34. The summed E-state index contributed by atoms with van der Waals surface area (Å²) in [5, 5.41) is 4.29. The molecule has 0 N–H and O–H groups in total. The van der Waals surface area contributed by atoms with Gasteiger partial charge in [-0.25, -0.2) is 4.79 Å². The van der Waals surface area contributed by atoms with Crippen LogP contribution >= 0.6 is 11.8 Å². The maximum Gasteiger partial charge on any atom is 0.477 e. The lowest BCUT2D eigenvalue weighted by Gasteiger charge is -2.16. The molecule has 1 aliphatic rings.